The van der Waals surface area contributed by atoms with Crippen molar-refractivity contribution in [3.05, 3.63) is 48.2 Å². The topological polar surface area (TPSA) is 108 Å². The molecule has 0 unspecified atom stereocenters. The molecule has 0 fully saturated rings. The Hall–Kier alpha value is -3.50. The molecule has 3 aromatic heterocycles. The minimum absolute atomic E-state index is 0.183. The number of pyridine rings is 1. The molecule has 0 radical (unpaired) electrons. The summed E-state index contributed by atoms with van der Waals surface area (Å²) in [5, 5.41) is 10.2. The van der Waals surface area contributed by atoms with Crippen molar-refractivity contribution < 1.29 is 18.3 Å². The highest BCUT2D eigenvalue weighted by atomic mass is 19.1. The van der Waals surface area contributed by atoms with Crippen LogP contribution in [0.15, 0.2) is 30.9 Å². The van der Waals surface area contributed by atoms with E-state index >= 15 is 0 Å². The van der Waals surface area contributed by atoms with Gasteiger partial charge in [-0.25, -0.2) is 18.9 Å². The Morgan fingerprint density at radius 2 is 2.08 bits per heavy atom. The summed E-state index contributed by atoms with van der Waals surface area (Å²) in [6.07, 6.45) is 3.17. The lowest BCUT2D eigenvalue weighted by molar-refractivity contribution is 0.118. The molecule has 1 atom stereocenters. The zero-order valence-electron chi connectivity index (χ0n) is 13.7. The van der Waals surface area contributed by atoms with E-state index < -0.39 is 24.0 Å². The van der Waals surface area contributed by atoms with Gasteiger partial charge in [-0.2, -0.15) is 4.39 Å². The van der Waals surface area contributed by atoms with Gasteiger partial charge < -0.3 is 4.74 Å². The van der Waals surface area contributed by atoms with Gasteiger partial charge in [0.25, 0.3) is 0 Å². The molecule has 0 aliphatic heterocycles. The predicted molar refractivity (Wildman–Crippen MR) is 84.7 cm³/mol. The number of rotatable bonds is 4. The number of carbonyl (C=O) groups is 1. The van der Waals surface area contributed by atoms with Gasteiger partial charge in [-0.15, -0.1) is 5.10 Å². The first kappa shape index (κ1) is 17.3. The highest BCUT2D eigenvalue weighted by molar-refractivity contribution is 5.88. The Bertz CT molecular complexity index is 933. The fourth-order valence-corrected chi connectivity index (χ4v) is 2.16. The first-order chi connectivity index (χ1) is 12.5. The lowest BCUT2D eigenvalue weighted by Gasteiger charge is -2.14. The van der Waals surface area contributed by atoms with Crippen LogP contribution in [-0.4, -0.2) is 36.0 Å². The number of carbonyl (C=O) groups excluding carboxylic acids is 1. The predicted octanol–water partition coefficient (Wildman–Crippen LogP) is 2.25. The summed E-state index contributed by atoms with van der Waals surface area (Å²) in [5.41, 5.74) is 0.491. The Labute approximate surface area is 146 Å². The zero-order chi connectivity index (χ0) is 18.7. The van der Waals surface area contributed by atoms with Crippen LogP contribution in [0.5, 0.6) is 0 Å². The van der Waals surface area contributed by atoms with E-state index in [0.29, 0.717) is 5.69 Å². The fraction of sp³-hybridized carbons (Fsp3) is 0.200. The third-order valence-corrected chi connectivity index (χ3v) is 3.41. The summed E-state index contributed by atoms with van der Waals surface area (Å²) in [6.45, 7) is 1.39. The van der Waals surface area contributed by atoms with Gasteiger partial charge in [0, 0.05) is 19.4 Å². The summed E-state index contributed by atoms with van der Waals surface area (Å²) in [6, 6.07) is 0.914. The van der Waals surface area contributed by atoms with Gasteiger partial charge >= 0.3 is 6.09 Å². The second-order valence-corrected chi connectivity index (χ2v) is 5.21. The van der Waals surface area contributed by atoms with Gasteiger partial charge in [0.2, 0.25) is 5.95 Å². The van der Waals surface area contributed by atoms with E-state index in [2.05, 4.69) is 30.6 Å². The summed E-state index contributed by atoms with van der Waals surface area (Å²) >= 11 is 0. The normalized spacial score (nSPS) is 11.8. The lowest BCUT2D eigenvalue weighted by Crippen LogP contribution is -2.19. The molecule has 1 amide bonds. The van der Waals surface area contributed by atoms with Crippen molar-refractivity contribution in [2.75, 3.05) is 5.32 Å². The van der Waals surface area contributed by atoms with Gasteiger partial charge in [0.1, 0.15) is 17.6 Å². The maximum absolute atomic E-state index is 13.7. The smallest absolute Gasteiger partial charge is 0.413 e. The quantitative estimate of drug-likeness (QED) is 0.710. The van der Waals surface area contributed by atoms with Gasteiger partial charge in [0.05, 0.1) is 18.0 Å². The number of amides is 1. The fourth-order valence-electron chi connectivity index (χ4n) is 2.16. The summed E-state index contributed by atoms with van der Waals surface area (Å²) in [4.78, 5) is 23.4. The number of aromatic nitrogens is 6. The molecule has 0 aromatic carbocycles. The standard InChI is InChI=1S/C15H13F2N7O2/c1-8(10-5-9(16)6-20-13(10)17)26-15(25)21-14-12(22-23-24(14)2)11-7-18-3-4-19-11/h3-8H,1-2H3,(H,21,25)/t8-/m1/s1. The average molecular weight is 361 g/mol. The van der Waals surface area contributed by atoms with E-state index in [9.17, 15) is 13.6 Å². The maximum Gasteiger partial charge on any atom is 0.413 e. The molecular formula is C15H13F2N7O2. The Kier molecular flexibility index (Phi) is 4.78. The van der Waals surface area contributed by atoms with Crippen LogP contribution in [0.1, 0.15) is 18.6 Å². The van der Waals surface area contributed by atoms with E-state index in [4.69, 9.17) is 4.74 Å². The number of hydrogen-bond donors (Lipinski definition) is 1. The van der Waals surface area contributed by atoms with Crippen LogP contribution < -0.4 is 5.32 Å². The van der Waals surface area contributed by atoms with Crippen molar-refractivity contribution in [2.45, 2.75) is 13.0 Å². The van der Waals surface area contributed by atoms with Crippen molar-refractivity contribution in [1.82, 2.24) is 29.9 Å². The zero-order valence-corrected chi connectivity index (χ0v) is 13.7. The molecule has 0 saturated heterocycles. The number of nitrogens with one attached hydrogen (secondary N) is 1. The molecule has 0 saturated carbocycles. The van der Waals surface area contributed by atoms with Crippen LogP contribution in [0.2, 0.25) is 0 Å². The molecule has 26 heavy (non-hydrogen) atoms. The SMILES string of the molecule is C[C@@H](OC(=O)Nc1c(-c2cnccn2)nnn1C)c1cc(F)cnc1F. The van der Waals surface area contributed by atoms with Gasteiger partial charge in [-0.3, -0.25) is 15.3 Å². The molecule has 134 valence electrons. The summed E-state index contributed by atoms with van der Waals surface area (Å²) in [5.74, 6) is -1.45. The van der Waals surface area contributed by atoms with Gasteiger partial charge in [-0.05, 0) is 13.0 Å². The van der Waals surface area contributed by atoms with Crippen LogP contribution in [0.3, 0.4) is 0 Å². The summed E-state index contributed by atoms with van der Waals surface area (Å²) < 4.78 is 33.3. The molecule has 3 heterocycles. The summed E-state index contributed by atoms with van der Waals surface area (Å²) in [7, 11) is 1.56. The molecule has 3 rings (SSSR count). The molecule has 11 heteroatoms. The van der Waals surface area contributed by atoms with Crippen molar-refractivity contribution >= 4 is 11.9 Å². The van der Waals surface area contributed by atoms with E-state index in [0.717, 1.165) is 12.3 Å². The van der Waals surface area contributed by atoms with Crippen LogP contribution in [0.25, 0.3) is 11.4 Å². The molecule has 3 aromatic rings. The third-order valence-electron chi connectivity index (χ3n) is 3.41. The third kappa shape index (κ3) is 3.61. The van der Waals surface area contributed by atoms with E-state index in [1.807, 2.05) is 0 Å². The molecule has 0 bridgehead atoms. The number of hydrogen-bond acceptors (Lipinski definition) is 7. The van der Waals surface area contributed by atoms with Crippen molar-refractivity contribution in [3.63, 3.8) is 0 Å². The van der Waals surface area contributed by atoms with Crippen molar-refractivity contribution in [1.29, 1.82) is 0 Å². The van der Waals surface area contributed by atoms with Crippen LogP contribution in [0.4, 0.5) is 19.4 Å². The Balaban J connectivity index is 1.77. The van der Waals surface area contributed by atoms with Gasteiger partial charge in [-0.1, -0.05) is 5.21 Å². The lowest BCUT2D eigenvalue weighted by atomic mass is 10.2. The monoisotopic (exact) mass is 361 g/mol. The average Bonchev–Trinajstić information content (AvgIpc) is 2.98. The number of ether oxygens (including phenoxy) is 1. The minimum atomic E-state index is -1.07. The highest BCUT2D eigenvalue weighted by Crippen LogP contribution is 2.24. The van der Waals surface area contributed by atoms with E-state index in [-0.39, 0.29) is 17.1 Å². The number of aryl methyl sites for hydroxylation is 1. The Morgan fingerprint density at radius 1 is 1.27 bits per heavy atom. The van der Waals surface area contributed by atoms with Crippen molar-refractivity contribution in [3.8, 4) is 11.4 Å². The Morgan fingerprint density at radius 3 is 2.81 bits per heavy atom. The second kappa shape index (κ2) is 7.17. The molecule has 0 spiro atoms. The number of nitrogens with zero attached hydrogens (tertiary/aromatic N) is 6. The first-order valence-corrected chi connectivity index (χ1v) is 7.40. The number of anilines is 1. The van der Waals surface area contributed by atoms with E-state index in [1.165, 1.54) is 30.2 Å². The number of halogens is 2. The van der Waals surface area contributed by atoms with Crippen LogP contribution in [0, 0.1) is 11.8 Å². The first-order valence-electron chi connectivity index (χ1n) is 7.40. The maximum atomic E-state index is 13.7. The molecule has 0 aliphatic rings. The molecular weight excluding hydrogens is 348 g/mol. The molecule has 0 aliphatic carbocycles. The van der Waals surface area contributed by atoms with E-state index in [1.54, 1.807) is 7.05 Å². The van der Waals surface area contributed by atoms with Crippen molar-refractivity contribution in [2.24, 2.45) is 7.05 Å². The second-order valence-electron chi connectivity index (χ2n) is 5.21. The van der Waals surface area contributed by atoms with Crippen LogP contribution in [-0.2, 0) is 11.8 Å². The van der Waals surface area contributed by atoms with Gasteiger partial charge in [0.15, 0.2) is 11.5 Å². The highest BCUT2D eigenvalue weighted by Gasteiger charge is 2.21. The molecule has 1 N–H and O–H groups in total. The van der Waals surface area contributed by atoms with Crippen LogP contribution >= 0.6 is 0 Å². The largest absolute Gasteiger partial charge is 0.441 e. The minimum Gasteiger partial charge on any atom is -0.441 e. The molecule has 9 nitrogen and oxygen atoms in total.